The second-order valence-electron chi connectivity index (χ2n) is 5.40. The van der Waals surface area contributed by atoms with E-state index in [4.69, 9.17) is 10.00 Å². The van der Waals surface area contributed by atoms with E-state index in [1.54, 1.807) is 18.1 Å². The van der Waals surface area contributed by atoms with Crippen molar-refractivity contribution in [1.29, 1.82) is 5.26 Å². The van der Waals surface area contributed by atoms with Crippen LogP contribution in [0.15, 0.2) is 30.3 Å². The first-order valence-electron chi connectivity index (χ1n) is 7.35. The van der Waals surface area contributed by atoms with Gasteiger partial charge in [-0.05, 0) is 36.8 Å². The number of amides is 1. The Labute approximate surface area is 133 Å². The Balaban J connectivity index is 1.66. The average Bonchev–Trinajstić information content (AvgIpc) is 3.24. The maximum absolute atomic E-state index is 12.2. The first-order chi connectivity index (χ1) is 11.2. The van der Waals surface area contributed by atoms with Crippen LogP contribution in [0.5, 0.6) is 5.75 Å². The molecule has 1 aromatic carbocycles. The molecule has 0 saturated carbocycles. The summed E-state index contributed by atoms with van der Waals surface area (Å²) in [5.74, 6) is 0.563. The van der Waals surface area contributed by atoms with Crippen LogP contribution in [0.2, 0.25) is 0 Å². The van der Waals surface area contributed by atoms with Gasteiger partial charge in [0.05, 0.1) is 12.8 Å². The third-order valence-corrected chi connectivity index (χ3v) is 3.87. The maximum atomic E-state index is 12.2. The lowest BCUT2D eigenvalue weighted by molar-refractivity contribution is 0.0933. The molecule has 1 aliphatic rings. The van der Waals surface area contributed by atoms with Crippen molar-refractivity contribution in [2.75, 3.05) is 20.2 Å². The number of hydrogen-bond acceptors (Lipinski definition) is 5. The van der Waals surface area contributed by atoms with Crippen LogP contribution >= 0.6 is 0 Å². The van der Waals surface area contributed by atoms with Crippen molar-refractivity contribution in [1.82, 2.24) is 20.4 Å². The third-order valence-electron chi connectivity index (χ3n) is 3.87. The number of nitrogens with zero attached hydrogens (tertiary/aromatic N) is 3. The number of benzene rings is 1. The van der Waals surface area contributed by atoms with Gasteiger partial charge >= 0.3 is 0 Å². The van der Waals surface area contributed by atoms with Gasteiger partial charge in [-0.1, -0.05) is 0 Å². The summed E-state index contributed by atoms with van der Waals surface area (Å²) in [6, 6.07) is 9.18. The molecule has 2 heterocycles. The topological polar surface area (TPSA) is 94.0 Å². The number of ether oxygens (including phenoxy) is 1. The molecule has 7 heteroatoms. The van der Waals surface area contributed by atoms with Crippen molar-refractivity contribution < 1.29 is 9.53 Å². The fourth-order valence-corrected chi connectivity index (χ4v) is 2.58. The van der Waals surface area contributed by atoms with Crippen LogP contribution < -0.4 is 10.1 Å². The van der Waals surface area contributed by atoms with Gasteiger partial charge in [0.25, 0.3) is 5.91 Å². The molecule has 23 heavy (non-hydrogen) atoms. The molecule has 1 saturated heterocycles. The van der Waals surface area contributed by atoms with E-state index in [0.717, 1.165) is 17.7 Å². The smallest absolute Gasteiger partial charge is 0.269 e. The maximum Gasteiger partial charge on any atom is 0.269 e. The van der Waals surface area contributed by atoms with Crippen LogP contribution in [-0.4, -0.2) is 47.2 Å². The molecule has 0 bridgehead atoms. The van der Waals surface area contributed by atoms with Crippen molar-refractivity contribution in [3.63, 3.8) is 0 Å². The lowest BCUT2D eigenvalue weighted by atomic mass is 10.1. The zero-order valence-electron chi connectivity index (χ0n) is 12.7. The van der Waals surface area contributed by atoms with Crippen LogP contribution in [0.3, 0.4) is 0 Å². The van der Waals surface area contributed by atoms with Crippen molar-refractivity contribution in [2.24, 2.45) is 0 Å². The number of nitriles is 1. The molecule has 1 unspecified atom stereocenters. The van der Waals surface area contributed by atoms with Gasteiger partial charge < -0.3 is 15.0 Å². The average molecular weight is 311 g/mol. The fraction of sp³-hybridized carbons (Fsp3) is 0.312. The SMILES string of the molecule is COc1ccc(-c2cc(C(=O)NC3CCN(C#N)C3)[nH]n2)cc1. The van der Waals surface area contributed by atoms with Gasteiger partial charge in [0.2, 0.25) is 0 Å². The molecular weight excluding hydrogens is 294 g/mol. The van der Waals surface area contributed by atoms with E-state index in [1.165, 1.54) is 0 Å². The van der Waals surface area contributed by atoms with Crippen LogP contribution in [-0.2, 0) is 0 Å². The quantitative estimate of drug-likeness (QED) is 0.832. The second kappa shape index (κ2) is 6.40. The standard InChI is InChI=1S/C16H17N5O2/c1-23-13-4-2-11(3-5-13)14-8-15(20-19-14)16(22)18-12-6-7-21(9-12)10-17/h2-5,8,12H,6-7,9H2,1H3,(H,18,22)(H,19,20). The molecule has 1 aromatic heterocycles. The molecule has 1 fully saturated rings. The van der Waals surface area contributed by atoms with Gasteiger partial charge in [0.15, 0.2) is 6.19 Å². The van der Waals surface area contributed by atoms with E-state index in [9.17, 15) is 4.79 Å². The molecule has 0 aliphatic carbocycles. The summed E-state index contributed by atoms with van der Waals surface area (Å²) in [5, 5.41) is 18.7. The summed E-state index contributed by atoms with van der Waals surface area (Å²) in [6.07, 6.45) is 2.87. The summed E-state index contributed by atoms with van der Waals surface area (Å²) in [6.45, 7) is 1.24. The minimum Gasteiger partial charge on any atom is -0.497 e. The van der Waals surface area contributed by atoms with Gasteiger partial charge in [-0.15, -0.1) is 0 Å². The number of nitrogens with one attached hydrogen (secondary N) is 2. The molecule has 7 nitrogen and oxygen atoms in total. The molecule has 0 spiro atoms. The summed E-state index contributed by atoms with van der Waals surface area (Å²) in [7, 11) is 1.61. The number of hydrogen-bond donors (Lipinski definition) is 2. The zero-order chi connectivity index (χ0) is 16.2. The van der Waals surface area contributed by atoms with E-state index >= 15 is 0 Å². The Hall–Kier alpha value is -3.01. The lowest BCUT2D eigenvalue weighted by Crippen LogP contribution is -2.36. The monoisotopic (exact) mass is 311 g/mol. The fourth-order valence-electron chi connectivity index (χ4n) is 2.58. The molecule has 1 amide bonds. The summed E-state index contributed by atoms with van der Waals surface area (Å²) in [4.78, 5) is 13.9. The molecule has 3 rings (SSSR count). The molecule has 1 aliphatic heterocycles. The predicted octanol–water partition coefficient (Wildman–Crippen LogP) is 1.37. The largest absolute Gasteiger partial charge is 0.497 e. The lowest BCUT2D eigenvalue weighted by Gasteiger charge is -2.10. The highest BCUT2D eigenvalue weighted by Gasteiger charge is 2.24. The first kappa shape index (κ1) is 14.9. The highest BCUT2D eigenvalue weighted by atomic mass is 16.5. The van der Waals surface area contributed by atoms with Crippen molar-refractivity contribution in [2.45, 2.75) is 12.5 Å². The minimum atomic E-state index is -0.206. The van der Waals surface area contributed by atoms with Crippen LogP contribution in [0.4, 0.5) is 0 Å². The van der Waals surface area contributed by atoms with E-state index in [-0.39, 0.29) is 11.9 Å². The molecule has 2 N–H and O–H groups in total. The molecule has 0 radical (unpaired) electrons. The Morgan fingerprint density at radius 2 is 2.26 bits per heavy atom. The van der Waals surface area contributed by atoms with Gasteiger partial charge in [0.1, 0.15) is 11.4 Å². The summed E-state index contributed by atoms with van der Waals surface area (Å²) in [5.41, 5.74) is 2.01. The normalized spacial score (nSPS) is 16.9. The van der Waals surface area contributed by atoms with Crippen molar-refractivity contribution in [3.05, 3.63) is 36.0 Å². The Morgan fingerprint density at radius 1 is 1.48 bits per heavy atom. The molecule has 2 aromatic rings. The van der Waals surface area contributed by atoms with E-state index in [1.807, 2.05) is 24.3 Å². The van der Waals surface area contributed by atoms with Crippen molar-refractivity contribution >= 4 is 5.91 Å². The summed E-state index contributed by atoms with van der Waals surface area (Å²) < 4.78 is 5.12. The third kappa shape index (κ3) is 3.26. The Morgan fingerprint density at radius 3 is 2.91 bits per heavy atom. The van der Waals surface area contributed by atoms with Crippen LogP contribution in [0.25, 0.3) is 11.3 Å². The summed E-state index contributed by atoms with van der Waals surface area (Å²) >= 11 is 0. The number of methoxy groups -OCH3 is 1. The molecular formula is C16H17N5O2. The number of carbonyl (C=O) groups excluding carboxylic acids is 1. The molecule has 1 atom stereocenters. The second-order valence-corrected chi connectivity index (χ2v) is 5.40. The van der Waals surface area contributed by atoms with Gasteiger partial charge in [0, 0.05) is 24.7 Å². The number of aromatic nitrogens is 2. The van der Waals surface area contributed by atoms with Gasteiger partial charge in [-0.2, -0.15) is 10.4 Å². The zero-order valence-corrected chi connectivity index (χ0v) is 12.7. The number of carbonyl (C=O) groups is 1. The first-order valence-corrected chi connectivity index (χ1v) is 7.35. The minimum absolute atomic E-state index is 0.00473. The number of rotatable bonds is 4. The van der Waals surface area contributed by atoms with Crippen LogP contribution in [0.1, 0.15) is 16.9 Å². The van der Waals surface area contributed by atoms with E-state index in [0.29, 0.717) is 24.5 Å². The Kier molecular flexibility index (Phi) is 4.15. The van der Waals surface area contributed by atoms with Gasteiger partial charge in [-0.3, -0.25) is 9.89 Å². The van der Waals surface area contributed by atoms with E-state index < -0.39 is 0 Å². The van der Waals surface area contributed by atoms with E-state index in [2.05, 4.69) is 21.7 Å². The number of likely N-dealkylation sites (tertiary alicyclic amines) is 1. The highest BCUT2D eigenvalue weighted by molar-refractivity contribution is 5.93. The molecule has 118 valence electrons. The highest BCUT2D eigenvalue weighted by Crippen LogP contribution is 2.21. The predicted molar refractivity (Wildman–Crippen MR) is 83.6 cm³/mol. The van der Waals surface area contributed by atoms with Crippen molar-refractivity contribution in [3.8, 4) is 23.2 Å². The number of H-pyrrole nitrogens is 1. The Bertz CT molecular complexity index is 732. The number of aromatic amines is 1. The van der Waals surface area contributed by atoms with Gasteiger partial charge in [-0.25, -0.2) is 0 Å². The van der Waals surface area contributed by atoms with Crippen LogP contribution in [0, 0.1) is 11.5 Å².